The number of aryl methyl sites for hydroxylation is 1. The Labute approximate surface area is 379 Å². The lowest BCUT2D eigenvalue weighted by Gasteiger charge is -2.37. The monoisotopic (exact) mass is 921 g/mol. The Morgan fingerprint density at radius 3 is 1.90 bits per heavy atom. The minimum atomic E-state index is -0.491. The molecule has 5 rings (SSSR count). The first-order chi connectivity index (χ1) is 29.9. The molecule has 0 radical (unpaired) electrons. The van der Waals surface area contributed by atoms with Gasteiger partial charge in [-0.2, -0.15) is 0 Å². The molecule has 2 aromatic carbocycles. The van der Waals surface area contributed by atoms with Gasteiger partial charge in [0.15, 0.2) is 5.75 Å². The van der Waals surface area contributed by atoms with Crippen molar-refractivity contribution in [3.05, 3.63) is 68.3 Å². The highest BCUT2D eigenvalue weighted by Gasteiger charge is 2.36. The highest BCUT2D eigenvalue weighted by molar-refractivity contribution is 7.12. The molecule has 2 amide bonds. The number of esters is 1. The number of nitrogens with zero attached hydrogens (tertiary/aromatic N) is 3. The van der Waals surface area contributed by atoms with Crippen LogP contribution in [0.3, 0.4) is 0 Å². The summed E-state index contributed by atoms with van der Waals surface area (Å²) in [5.41, 5.74) is 2.23. The number of fused-ring (bicyclic) bond motifs is 1. The number of para-hydroxylation sites is 2. The molecule has 1 aliphatic heterocycles. The van der Waals surface area contributed by atoms with Gasteiger partial charge in [0, 0.05) is 50.2 Å². The third kappa shape index (κ3) is 16.6. The molecule has 0 N–H and O–H groups in total. The Kier molecular flexibility index (Phi) is 20.5. The Hall–Kier alpha value is -3.51. The summed E-state index contributed by atoms with van der Waals surface area (Å²) in [5.74, 6) is 0.304. The van der Waals surface area contributed by atoms with Crippen LogP contribution < -0.4 is 14.5 Å². The average molecular weight is 923 g/mol. The van der Waals surface area contributed by atoms with Gasteiger partial charge in [0.2, 0.25) is 5.91 Å². The van der Waals surface area contributed by atoms with Gasteiger partial charge < -0.3 is 52.6 Å². The summed E-state index contributed by atoms with van der Waals surface area (Å²) in [4.78, 5) is 44.8. The highest BCUT2D eigenvalue weighted by atomic mass is 35.5. The van der Waals surface area contributed by atoms with Crippen LogP contribution in [0.2, 0.25) is 10.0 Å². The normalized spacial score (nSPS) is 13.9. The molecule has 1 fully saturated rings. The SMILES string of the molecule is CN(CCOCCOCCOCCOCCOCCOCCC(=O)OC(C)(C)C)C(=O)CCc1cc(Cl)c(Oc2ccsc2C(=O)N2CCN(C3CC3)c3ccccc32)cc1Cl. The first-order valence-corrected chi connectivity index (χ1v) is 22.9. The molecule has 1 saturated carbocycles. The average Bonchev–Trinajstić information content (AvgIpc) is 3.99. The van der Waals surface area contributed by atoms with Crippen LogP contribution in [0, 0.1) is 0 Å². The van der Waals surface area contributed by atoms with Crippen LogP contribution in [0.5, 0.6) is 11.5 Å². The maximum Gasteiger partial charge on any atom is 0.308 e. The Morgan fingerprint density at radius 1 is 0.726 bits per heavy atom. The molecule has 62 heavy (non-hydrogen) atoms. The van der Waals surface area contributed by atoms with Crippen LogP contribution in [0.15, 0.2) is 47.8 Å². The van der Waals surface area contributed by atoms with Crippen molar-refractivity contribution in [1.82, 2.24) is 4.90 Å². The molecule has 0 bridgehead atoms. The van der Waals surface area contributed by atoms with Crippen LogP contribution in [0.4, 0.5) is 11.4 Å². The molecule has 2 aliphatic rings. The minimum absolute atomic E-state index is 0.0506. The first-order valence-electron chi connectivity index (χ1n) is 21.2. The van der Waals surface area contributed by atoms with Gasteiger partial charge in [0.1, 0.15) is 16.2 Å². The molecule has 2 heterocycles. The third-order valence-corrected chi connectivity index (χ3v) is 11.3. The summed E-state index contributed by atoms with van der Waals surface area (Å²) in [6.07, 6.45) is 3.22. The summed E-state index contributed by atoms with van der Waals surface area (Å²) in [7, 11) is 1.74. The summed E-state index contributed by atoms with van der Waals surface area (Å²) >= 11 is 14.7. The van der Waals surface area contributed by atoms with E-state index in [2.05, 4.69) is 11.0 Å². The van der Waals surface area contributed by atoms with Gasteiger partial charge in [-0.25, -0.2) is 0 Å². The predicted octanol–water partition coefficient (Wildman–Crippen LogP) is 7.70. The third-order valence-electron chi connectivity index (χ3n) is 9.76. The van der Waals surface area contributed by atoms with Gasteiger partial charge in [-0.1, -0.05) is 35.3 Å². The number of ether oxygens (including phenoxy) is 8. The zero-order valence-corrected chi connectivity index (χ0v) is 38.7. The number of benzene rings is 2. The zero-order valence-electron chi connectivity index (χ0n) is 36.3. The van der Waals surface area contributed by atoms with E-state index in [0.29, 0.717) is 131 Å². The van der Waals surface area contributed by atoms with Gasteiger partial charge in [0.25, 0.3) is 5.91 Å². The summed E-state index contributed by atoms with van der Waals surface area (Å²) in [6, 6.07) is 13.7. The molecule has 0 saturated heterocycles. The molecule has 0 unspecified atom stereocenters. The number of likely N-dealkylation sites (N-methyl/N-ethyl adjacent to an activating group) is 1. The number of carbonyl (C=O) groups excluding carboxylic acids is 3. The van der Waals surface area contributed by atoms with E-state index >= 15 is 0 Å². The first kappa shape index (κ1) is 49.5. The topological polar surface area (TPSA) is 135 Å². The smallest absolute Gasteiger partial charge is 0.308 e. The summed E-state index contributed by atoms with van der Waals surface area (Å²) in [6.45, 7) is 12.3. The maximum absolute atomic E-state index is 13.9. The fraction of sp³-hybridized carbons (Fsp3) is 0.578. The van der Waals surface area contributed by atoms with Crippen molar-refractivity contribution >= 4 is 63.7 Å². The maximum atomic E-state index is 13.9. The standard InChI is InChI=1S/C45H61Cl2N3O11S/c1-45(2,3)61-42(52)13-18-54-20-22-56-24-26-58-28-29-59-27-25-57-23-21-55-19-17-48(4)41(51)12-9-33-31-36(47)40(32-35(33)46)60-39-14-30-62-43(39)44(53)50-16-15-49(34-10-11-34)37-7-5-6-8-38(37)50/h5-8,14,30-32,34H,9-13,15-29H2,1-4H3. The summed E-state index contributed by atoms with van der Waals surface area (Å²) < 4.78 is 44.5. The van der Waals surface area contributed by atoms with E-state index in [1.54, 1.807) is 30.1 Å². The molecule has 3 aromatic rings. The van der Waals surface area contributed by atoms with Crippen molar-refractivity contribution < 1.29 is 52.3 Å². The van der Waals surface area contributed by atoms with Crippen LogP contribution >= 0.6 is 34.5 Å². The van der Waals surface area contributed by atoms with Crippen molar-refractivity contribution in [2.24, 2.45) is 0 Å². The molecule has 1 aromatic heterocycles. The molecular weight excluding hydrogens is 861 g/mol. The van der Waals surface area contributed by atoms with Gasteiger partial charge >= 0.3 is 5.97 Å². The van der Waals surface area contributed by atoms with Crippen LogP contribution in [0.1, 0.15) is 61.7 Å². The van der Waals surface area contributed by atoms with E-state index in [1.807, 2.05) is 49.3 Å². The van der Waals surface area contributed by atoms with E-state index < -0.39 is 5.60 Å². The van der Waals surface area contributed by atoms with Crippen molar-refractivity contribution in [2.75, 3.05) is 116 Å². The van der Waals surface area contributed by atoms with Crippen LogP contribution in [-0.2, 0) is 49.2 Å². The molecule has 14 nitrogen and oxygen atoms in total. The van der Waals surface area contributed by atoms with Gasteiger partial charge in [0.05, 0.1) is 102 Å². The second kappa shape index (κ2) is 25.7. The number of thiophene rings is 1. The highest BCUT2D eigenvalue weighted by Crippen LogP contribution is 2.42. The van der Waals surface area contributed by atoms with Gasteiger partial charge in [-0.15, -0.1) is 11.3 Å². The molecular formula is C45H61Cl2N3O11S. The van der Waals surface area contributed by atoms with Gasteiger partial charge in [-0.05, 0) is 75.2 Å². The molecule has 17 heteroatoms. The van der Waals surface area contributed by atoms with E-state index in [1.165, 1.54) is 24.2 Å². The number of carbonyl (C=O) groups is 3. The molecule has 1 aliphatic carbocycles. The van der Waals surface area contributed by atoms with Crippen LogP contribution in [-0.4, -0.2) is 140 Å². The van der Waals surface area contributed by atoms with E-state index in [9.17, 15) is 14.4 Å². The number of rotatable bonds is 28. The van der Waals surface area contributed by atoms with Gasteiger partial charge in [-0.3, -0.25) is 14.4 Å². The lowest BCUT2D eigenvalue weighted by molar-refractivity contribution is -0.156. The second-order valence-corrected chi connectivity index (χ2v) is 17.5. The predicted molar refractivity (Wildman–Crippen MR) is 241 cm³/mol. The van der Waals surface area contributed by atoms with Crippen molar-refractivity contribution in [2.45, 2.75) is 64.5 Å². The summed E-state index contributed by atoms with van der Waals surface area (Å²) in [5, 5.41) is 2.59. The second-order valence-electron chi connectivity index (χ2n) is 15.8. The number of amides is 2. The fourth-order valence-electron chi connectivity index (χ4n) is 6.48. The van der Waals surface area contributed by atoms with Crippen molar-refractivity contribution in [1.29, 1.82) is 0 Å². The largest absolute Gasteiger partial charge is 0.460 e. The number of hydrogen-bond donors (Lipinski definition) is 0. The Balaban J connectivity index is 0.874. The molecule has 0 atom stereocenters. The fourth-order valence-corrected chi connectivity index (χ4v) is 7.72. The molecule has 342 valence electrons. The van der Waals surface area contributed by atoms with Crippen LogP contribution in [0.25, 0.3) is 0 Å². The van der Waals surface area contributed by atoms with Crippen molar-refractivity contribution in [3.8, 4) is 11.5 Å². The van der Waals surface area contributed by atoms with Crippen molar-refractivity contribution in [3.63, 3.8) is 0 Å². The lowest BCUT2D eigenvalue weighted by atomic mass is 10.1. The number of halogens is 2. The Bertz CT molecular complexity index is 1870. The number of hydrogen-bond acceptors (Lipinski definition) is 13. The quantitative estimate of drug-likeness (QED) is 0.0522. The Morgan fingerprint density at radius 2 is 1.31 bits per heavy atom. The number of anilines is 2. The van der Waals surface area contributed by atoms with E-state index in [0.717, 1.165) is 23.5 Å². The lowest BCUT2D eigenvalue weighted by Crippen LogP contribution is -2.44. The molecule has 0 spiro atoms. The minimum Gasteiger partial charge on any atom is -0.460 e. The zero-order chi connectivity index (χ0) is 44.3. The van der Waals surface area contributed by atoms with E-state index in [4.69, 9.17) is 61.1 Å². The van der Waals surface area contributed by atoms with E-state index in [-0.39, 0.29) is 30.6 Å².